The maximum absolute atomic E-state index is 13.1. The van der Waals surface area contributed by atoms with Gasteiger partial charge in [0.05, 0.1) is 40.1 Å². The monoisotopic (exact) mass is 768 g/mol. The highest BCUT2D eigenvalue weighted by atomic mass is 16.7. The van der Waals surface area contributed by atoms with Gasteiger partial charge in [-0.1, -0.05) is 18.2 Å². The van der Waals surface area contributed by atoms with Crippen molar-refractivity contribution >= 4 is 12.0 Å². The molecule has 0 radical (unpaired) electrons. The van der Waals surface area contributed by atoms with Crippen molar-refractivity contribution in [1.82, 2.24) is 0 Å². The second-order valence-electron chi connectivity index (χ2n) is 13.0. The van der Waals surface area contributed by atoms with Crippen molar-refractivity contribution in [2.45, 2.75) is 99.4 Å². The van der Waals surface area contributed by atoms with Gasteiger partial charge in [-0.25, -0.2) is 4.79 Å². The molecule has 3 heterocycles. The third-order valence-electron chi connectivity index (χ3n) is 9.27. The molecule has 5 rings (SSSR count). The summed E-state index contributed by atoms with van der Waals surface area (Å²) in [7, 11) is 2.95. The first-order valence-electron chi connectivity index (χ1n) is 17.3. The highest BCUT2D eigenvalue weighted by Crippen LogP contribution is 2.32. The number of ether oxygens (including phenoxy) is 9. The first-order chi connectivity index (χ1) is 25.8. The first-order valence-corrected chi connectivity index (χ1v) is 17.3. The van der Waals surface area contributed by atoms with Gasteiger partial charge in [-0.15, -0.1) is 0 Å². The molecule has 2 aromatic carbocycles. The van der Waals surface area contributed by atoms with Crippen LogP contribution in [0.25, 0.3) is 6.08 Å². The number of aliphatic hydroxyl groups is 7. The van der Waals surface area contributed by atoms with E-state index in [-0.39, 0.29) is 12.4 Å². The van der Waals surface area contributed by atoms with E-state index in [1.165, 1.54) is 39.4 Å². The van der Waals surface area contributed by atoms with Gasteiger partial charge in [0, 0.05) is 6.08 Å². The van der Waals surface area contributed by atoms with E-state index in [4.69, 9.17) is 42.6 Å². The lowest BCUT2D eigenvalue weighted by Crippen LogP contribution is -2.64. The summed E-state index contributed by atoms with van der Waals surface area (Å²) in [6.07, 6.45) is -18.3. The van der Waals surface area contributed by atoms with Crippen LogP contribution in [0.2, 0.25) is 0 Å². The summed E-state index contributed by atoms with van der Waals surface area (Å²) >= 11 is 0. The van der Waals surface area contributed by atoms with E-state index in [9.17, 15) is 45.6 Å². The standard InChI is InChI=1S/C36H48O18/c1-17-32(53-25(39)11-7-19-6-10-22(46-2)23(14-19)47-3)33(54-35-29(43)26(40)21(38)15-49-35)31(45)36(51-17)50-16-24-27(41)28(42)30(44)34(52-24)48-13-12-18-4-8-20(37)9-5-18/h4-11,14,17,21,24,26-38,40-45H,12-13,15-16H2,1-3H3. The Hall–Kier alpha value is -3.47. The number of carbonyl (C=O) groups is 1. The number of benzene rings is 2. The van der Waals surface area contributed by atoms with Crippen LogP contribution in [0.3, 0.4) is 0 Å². The van der Waals surface area contributed by atoms with E-state index >= 15 is 0 Å². The van der Waals surface area contributed by atoms with Crippen molar-refractivity contribution in [3.8, 4) is 17.2 Å². The zero-order valence-corrected chi connectivity index (χ0v) is 29.8. The van der Waals surface area contributed by atoms with Crippen LogP contribution in [-0.2, 0) is 44.4 Å². The molecule has 0 amide bonds. The highest BCUT2D eigenvalue weighted by molar-refractivity contribution is 5.87. The van der Waals surface area contributed by atoms with Crippen LogP contribution in [0.15, 0.2) is 48.5 Å². The summed E-state index contributed by atoms with van der Waals surface area (Å²) in [5.74, 6) is 0.136. The summed E-state index contributed by atoms with van der Waals surface area (Å²) < 4.78 is 50.5. The smallest absolute Gasteiger partial charge is 0.331 e. The van der Waals surface area contributed by atoms with Crippen molar-refractivity contribution in [3.05, 3.63) is 59.7 Å². The van der Waals surface area contributed by atoms with E-state index in [2.05, 4.69) is 0 Å². The number of hydrogen-bond donors (Lipinski definition) is 8. The molecule has 18 heteroatoms. The summed E-state index contributed by atoms with van der Waals surface area (Å²) in [6, 6.07) is 11.4. The Balaban J connectivity index is 1.26. The zero-order chi connectivity index (χ0) is 39.1. The average molecular weight is 769 g/mol. The van der Waals surface area contributed by atoms with Crippen molar-refractivity contribution in [2.24, 2.45) is 0 Å². The largest absolute Gasteiger partial charge is 0.508 e. The lowest BCUT2D eigenvalue weighted by Gasteiger charge is -2.46. The Bertz CT molecular complexity index is 1520. The number of aliphatic hydroxyl groups excluding tert-OH is 7. The Morgan fingerprint density at radius 3 is 2.17 bits per heavy atom. The molecule has 14 atom stereocenters. The summed E-state index contributed by atoms with van der Waals surface area (Å²) in [4.78, 5) is 13.1. The second-order valence-corrected chi connectivity index (χ2v) is 13.0. The van der Waals surface area contributed by atoms with Gasteiger partial charge in [-0.3, -0.25) is 0 Å². The van der Waals surface area contributed by atoms with Crippen LogP contribution in [-0.4, -0.2) is 167 Å². The van der Waals surface area contributed by atoms with Crippen LogP contribution >= 0.6 is 0 Å². The molecule has 3 fully saturated rings. The fourth-order valence-corrected chi connectivity index (χ4v) is 6.13. The summed E-state index contributed by atoms with van der Waals surface area (Å²) in [5, 5.41) is 83.4. The number of carbonyl (C=O) groups excluding carboxylic acids is 1. The second kappa shape index (κ2) is 18.9. The minimum atomic E-state index is -1.76. The third-order valence-corrected chi connectivity index (χ3v) is 9.27. The third kappa shape index (κ3) is 10.0. The SMILES string of the molecule is COc1ccc(C=CC(=O)OC2C(C)OC(OCC3OC(OCCc4ccc(O)cc4)C(O)C(O)C3O)C(O)C2OC2OCC(O)C(O)C2O)cc1OC. The average Bonchev–Trinajstić information content (AvgIpc) is 3.17. The molecular weight excluding hydrogens is 720 g/mol. The van der Waals surface area contributed by atoms with Gasteiger partial charge < -0.3 is 83.5 Å². The molecule has 0 saturated carbocycles. The maximum atomic E-state index is 13.1. The maximum Gasteiger partial charge on any atom is 0.331 e. The zero-order valence-electron chi connectivity index (χ0n) is 29.8. The molecule has 3 aliphatic heterocycles. The number of hydrogen-bond acceptors (Lipinski definition) is 18. The van der Waals surface area contributed by atoms with Gasteiger partial charge in [-0.05, 0) is 54.8 Å². The van der Waals surface area contributed by atoms with Crippen LogP contribution in [0.1, 0.15) is 18.1 Å². The fraction of sp³-hybridized carbons (Fsp3) is 0.583. The molecule has 0 bridgehead atoms. The number of phenolic OH excluding ortho intramolecular Hbond substituents is 1. The lowest BCUT2D eigenvalue weighted by atomic mass is 9.98. The Kier molecular flexibility index (Phi) is 14.6. The topological polar surface area (TPSA) is 262 Å². The molecule has 300 valence electrons. The van der Waals surface area contributed by atoms with Crippen LogP contribution in [0, 0.1) is 0 Å². The number of rotatable bonds is 14. The lowest BCUT2D eigenvalue weighted by molar-refractivity contribution is -0.354. The van der Waals surface area contributed by atoms with Gasteiger partial charge >= 0.3 is 5.97 Å². The predicted molar refractivity (Wildman–Crippen MR) is 182 cm³/mol. The molecule has 18 nitrogen and oxygen atoms in total. The number of phenols is 1. The Labute approximate surface area is 310 Å². The number of esters is 1. The van der Waals surface area contributed by atoms with Crippen molar-refractivity contribution in [2.75, 3.05) is 34.0 Å². The molecule has 2 aromatic rings. The Morgan fingerprint density at radius 1 is 0.778 bits per heavy atom. The van der Waals surface area contributed by atoms with Gasteiger partial charge in [-0.2, -0.15) is 0 Å². The quantitative estimate of drug-likeness (QED) is 0.0791. The number of methoxy groups -OCH3 is 2. The van der Waals surface area contributed by atoms with E-state index in [0.29, 0.717) is 23.5 Å². The van der Waals surface area contributed by atoms with E-state index in [1.54, 1.807) is 30.3 Å². The minimum absolute atomic E-state index is 0.0499. The predicted octanol–water partition coefficient (Wildman–Crippen LogP) is -1.65. The van der Waals surface area contributed by atoms with Crippen LogP contribution < -0.4 is 9.47 Å². The fourth-order valence-electron chi connectivity index (χ4n) is 6.13. The number of aromatic hydroxyl groups is 1. The first kappa shape index (κ1) is 41.7. The Morgan fingerprint density at radius 2 is 1.46 bits per heavy atom. The van der Waals surface area contributed by atoms with E-state index < -0.39 is 105 Å². The van der Waals surface area contributed by atoms with Crippen molar-refractivity contribution in [3.63, 3.8) is 0 Å². The van der Waals surface area contributed by atoms with Crippen molar-refractivity contribution < 1.29 is 88.3 Å². The molecule has 14 unspecified atom stereocenters. The normalized spacial score (nSPS) is 35.8. The van der Waals surface area contributed by atoms with Gasteiger partial charge in [0.1, 0.15) is 60.7 Å². The highest BCUT2D eigenvalue weighted by Gasteiger charge is 2.51. The molecule has 3 aliphatic rings. The molecule has 8 N–H and O–H groups in total. The van der Waals surface area contributed by atoms with Gasteiger partial charge in [0.15, 0.2) is 36.5 Å². The molecule has 3 saturated heterocycles. The molecule has 0 spiro atoms. The molecule has 0 aromatic heterocycles. The minimum Gasteiger partial charge on any atom is -0.508 e. The molecule has 0 aliphatic carbocycles. The van der Waals surface area contributed by atoms with E-state index in [1.807, 2.05) is 0 Å². The summed E-state index contributed by atoms with van der Waals surface area (Å²) in [5.41, 5.74) is 1.39. The molecular formula is C36H48O18. The van der Waals surface area contributed by atoms with Crippen LogP contribution in [0.5, 0.6) is 17.2 Å². The van der Waals surface area contributed by atoms with E-state index in [0.717, 1.165) is 11.6 Å². The van der Waals surface area contributed by atoms with Crippen LogP contribution in [0.4, 0.5) is 0 Å². The van der Waals surface area contributed by atoms with Gasteiger partial charge in [0.2, 0.25) is 0 Å². The van der Waals surface area contributed by atoms with Crippen molar-refractivity contribution in [1.29, 1.82) is 0 Å². The molecule has 54 heavy (non-hydrogen) atoms. The van der Waals surface area contributed by atoms with Gasteiger partial charge in [0.25, 0.3) is 0 Å². The summed E-state index contributed by atoms with van der Waals surface area (Å²) in [6.45, 7) is 0.624.